The number of carbonyl (C=O) groups is 1. The molecule has 5 nitrogen and oxygen atoms in total. The Morgan fingerprint density at radius 1 is 0.923 bits per heavy atom. The van der Waals surface area contributed by atoms with Crippen molar-refractivity contribution in [2.24, 2.45) is 0 Å². The number of methoxy groups -OCH3 is 1. The van der Waals surface area contributed by atoms with Crippen LogP contribution >= 0.6 is 0 Å². The number of nitrogens with zero attached hydrogens (tertiary/aromatic N) is 1. The number of hydrogen-bond acceptors (Lipinski definition) is 4. The first-order valence-corrected chi connectivity index (χ1v) is 10.7. The van der Waals surface area contributed by atoms with Crippen LogP contribution in [0, 0.1) is 0 Å². The monoisotopic (exact) mass is 373 g/mol. The number of hydrogen-bond donors (Lipinski definition) is 2. The van der Waals surface area contributed by atoms with Crippen LogP contribution in [-0.4, -0.2) is 53.6 Å². The topological polar surface area (TPSA) is 70.0 Å². The molecule has 0 aromatic carbocycles. The molecule has 0 rings (SSSR count). The van der Waals surface area contributed by atoms with Crippen molar-refractivity contribution < 1.29 is 19.7 Å². The van der Waals surface area contributed by atoms with Crippen molar-refractivity contribution in [3.8, 4) is 0 Å². The molecular formula is C21H43NO4. The van der Waals surface area contributed by atoms with Gasteiger partial charge in [0.1, 0.15) is 6.23 Å². The fraction of sp³-hybridized carbons (Fsp3) is 0.952. The van der Waals surface area contributed by atoms with Crippen LogP contribution in [0.2, 0.25) is 0 Å². The van der Waals surface area contributed by atoms with Gasteiger partial charge in [-0.2, -0.15) is 0 Å². The molecule has 0 heterocycles. The largest absolute Gasteiger partial charge is 0.394 e. The van der Waals surface area contributed by atoms with Gasteiger partial charge in [0, 0.05) is 13.5 Å². The summed E-state index contributed by atoms with van der Waals surface area (Å²) >= 11 is 0. The van der Waals surface area contributed by atoms with Crippen LogP contribution in [0.4, 0.5) is 0 Å². The minimum absolute atomic E-state index is 0.00197. The lowest BCUT2D eigenvalue weighted by molar-refractivity contribution is -0.147. The Labute approximate surface area is 161 Å². The van der Waals surface area contributed by atoms with Crippen molar-refractivity contribution in [3.05, 3.63) is 0 Å². The second kappa shape index (κ2) is 17.7. The molecule has 2 unspecified atom stereocenters. The van der Waals surface area contributed by atoms with Crippen LogP contribution in [0.25, 0.3) is 0 Å². The second-order valence-corrected chi connectivity index (χ2v) is 7.27. The van der Waals surface area contributed by atoms with Gasteiger partial charge in [0.2, 0.25) is 5.91 Å². The molecule has 5 heteroatoms. The molecule has 0 saturated heterocycles. The van der Waals surface area contributed by atoms with E-state index in [-0.39, 0.29) is 25.3 Å². The van der Waals surface area contributed by atoms with Crippen LogP contribution in [0.5, 0.6) is 0 Å². The van der Waals surface area contributed by atoms with Gasteiger partial charge >= 0.3 is 0 Å². The first-order chi connectivity index (χ1) is 12.6. The maximum atomic E-state index is 12.5. The van der Waals surface area contributed by atoms with E-state index in [2.05, 4.69) is 6.92 Å². The predicted octanol–water partition coefficient (Wildman–Crippen LogP) is 4.25. The van der Waals surface area contributed by atoms with E-state index in [1.807, 2.05) is 6.92 Å². The highest BCUT2D eigenvalue weighted by atomic mass is 16.5. The standard InChI is InChI=1S/C21H43NO4/c1-4-6-7-8-9-10-11-12-13-14-15-16-20(25)22(17-19(24)18-23)21(5-2)26-3/h19,21,23-24H,4-18H2,1-3H3. The zero-order chi connectivity index (χ0) is 19.6. The zero-order valence-electron chi connectivity index (χ0n) is 17.4. The van der Waals surface area contributed by atoms with Gasteiger partial charge in [-0.25, -0.2) is 0 Å². The fourth-order valence-electron chi connectivity index (χ4n) is 3.26. The smallest absolute Gasteiger partial charge is 0.224 e. The SMILES string of the molecule is CCCCCCCCCCCCCC(=O)N(CC(O)CO)C(CC)OC. The van der Waals surface area contributed by atoms with E-state index in [0.717, 1.165) is 12.8 Å². The molecule has 0 aliphatic heterocycles. The highest BCUT2D eigenvalue weighted by molar-refractivity contribution is 5.76. The molecule has 0 fully saturated rings. The van der Waals surface area contributed by atoms with Crippen molar-refractivity contribution in [1.82, 2.24) is 4.90 Å². The Balaban J connectivity index is 3.88. The molecule has 0 aromatic rings. The van der Waals surface area contributed by atoms with Gasteiger partial charge in [-0.05, 0) is 12.8 Å². The Morgan fingerprint density at radius 2 is 1.42 bits per heavy atom. The summed E-state index contributed by atoms with van der Waals surface area (Å²) in [7, 11) is 1.57. The van der Waals surface area contributed by atoms with Gasteiger partial charge in [-0.15, -0.1) is 0 Å². The Morgan fingerprint density at radius 3 is 1.85 bits per heavy atom. The summed E-state index contributed by atoms with van der Waals surface area (Å²) in [5.41, 5.74) is 0. The summed E-state index contributed by atoms with van der Waals surface area (Å²) in [6, 6.07) is 0. The van der Waals surface area contributed by atoms with Gasteiger partial charge in [-0.3, -0.25) is 4.79 Å². The average molecular weight is 374 g/mol. The van der Waals surface area contributed by atoms with Crippen molar-refractivity contribution in [1.29, 1.82) is 0 Å². The summed E-state index contributed by atoms with van der Waals surface area (Å²) in [6.45, 7) is 3.97. The number of ether oxygens (including phenoxy) is 1. The van der Waals surface area contributed by atoms with Crippen LogP contribution < -0.4 is 0 Å². The van der Waals surface area contributed by atoms with Gasteiger partial charge in [-0.1, -0.05) is 78.1 Å². The molecule has 2 atom stereocenters. The third-order valence-electron chi connectivity index (χ3n) is 4.90. The number of unbranched alkanes of at least 4 members (excludes halogenated alkanes) is 10. The first kappa shape index (κ1) is 25.4. The molecule has 0 aliphatic rings. The third-order valence-corrected chi connectivity index (χ3v) is 4.90. The molecule has 0 aromatic heterocycles. The Hall–Kier alpha value is -0.650. The number of aliphatic hydroxyl groups excluding tert-OH is 2. The first-order valence-electron chi connectivity index (χ1n) is 10.7. The van der Waals surface area contributed by atoms with Crippen molar-refractivity contribution in [2.45, 2.75) is 110 Å². The summed E-state index contributed by atoms with van der Waals surface area (Å²) in [5.74, 6) is 0.00197. The molecule has 1 amide bonds. The average Bonchev–Trinajstić information content (AvgIpc) is 2.65. The number of aliphatic hydroxyl groups is 2. The summed E-state index contributed by atoms with van der Waals surface area (Å²) in [5, 5.41) is 18.7. The van der Waals surface area contributed by atoms with E-state index in [1.165, 1.54) is 57.8 Å². The van der Waals surface area contributed by atoms with Crippen molar-refractivity contribution in [3.63, 3.8) is 0 Å². The molecule has 156 valence electrons. The molecule has 0 spiro atoms. The van der Waals surface area contributed by atoms with Gasteiger partial charge in [0.15, 0.2) is 0 Å². The van der Waals surface area contributed by atoms with E-state index >= 15 is 0 Å². The van der Waals surface area contributed by atoms with Crippen LogP contribution in [0.3, 0.4) is 0 Å². The van der Waals surface area contributed by atoms with E-state index in [0.29, 0.717) is 12.8 Å². The molecule has 0 radical (unpaired) electrons. The number of amides is 1. The molecule has 2 N–H and O–H groups in total. The molecular weight excluding hydrogens is 330 g/mol. The van der Waals surface area contributed by atoms with E-state index in [4.69, 9.17) is 9.84 Å². The van der Waals surface area contributed by atoms with Crippen LogP contribution in [-0.2, 0) is 9.53 Å². The summed E-state index contributed by atoms with van der Waals surface area (Å²) in [4.78, 5) is 14.0. The second-order valence-electron chi connectivity index (χ2n) is 7.27. The Bertz CT molecular complexity index is 321. The van der Waals surface area contributed by atoms with Crippen LogP contribution in [0.1, 0.15) is 97.3 Å². The normalized spacial score (nSPS) is 13.6. The zero-order valence-corrected chi connectivity index (χ0v) is 17.4. The lowest BCUT2D eigenvalue weighted by atomic mass is 10.0. The number of rotatable bonds is 18. The highest BCUT2D eigenvalue weighted by Crippen LogP contribution is 2.14. The van der Waals surface area contributed by atoms with E-state index in [9.17, 15) is 9.90 Å². The minimum Gasteiger partial charge on any atom is -0.394 e. The van der Waals surface area contributed by atoms with Crippen molar-refractivity contribution >= 4 is 5.91 Å². The fourth-order valence-corrected chi connectivity index (χ4v) is 3.26. The predicted molar refractivity (Wildman–Crippen MR) is 107 cm³/mol. The third kappa shape index (κ3) is 12.7. The summed E-state index contributed by atoms with van der Waals surface area (Å²) < 4.78 is 5.35. The maximum absolute atomic E-state index is 12.5. The summed E-state index contributed by atoms with van der Waals surface area (Å²) in [6.07, 6.45) is 13.7. The number of carbonyl (C=O) groups excluding carboxylic acids is 1. The van der Waals surface area contributed by atoms with E-state index in [1.54, 1.807) is 12.0 Å². The van der Waals surface area contributed by atoms with E-state index < -0.39 is 6.10 Å². The maximum Gasteiger partial charge on any atom is 0.224 e. The highest BCUT2D eigenvalue weighted by Gasteiger charge is 2.23. The quantitative estimate of drug-likeness (QED) is 0.278. The Kier molecular flexibility index (Phi) is 17.3. The lowest BCUT2D eigenvalue weighted by Crippen LogP contribution is -2.46. The van der Waals surface area contributed by atoms with Gasteiger partial charge < -0.3 is 19.8 Å². The minimum atomic E-state index is -0.916. The lowest BCUT2D eigenvalue weighted by Gasteiger charge is -2.31. The molecule has 0 bridgehead atoms. The van der Waals surface area contributed by atoms with Gasteiger partial charge in [0.05, 0.1) is 19.3 Å². The van der Waals surface area contributed by atoms with Crippen LogP contribution in [0.15, 0.2) is 0 Å². The molecule has 0 saturated carbocycles. The molecule has 26 heavy (non-hydrogen) atoms. The molecule has 0 aliphatic carbocycles. The van der Waals surface area contributed by atoms with Crippen molar-refractivity contribution in [2.75, 3.05) is 20.3 Å². The van der Waals surface area contributed by atoms with Gasteiger partial charge in [0.25, 0.3) is 0 Å².